The SMILES string of the molecule is C=C(C)C(=O)OC(=O)C(O)CC(=O)O. The van der Waals surface area contributed by atoms with Crippen molar-refractivity contribution in [2.45, 2.75) is 19.4 Å². The Hall–Kier alpha value is -1.69. The lowest BCUT2D eigenvalue weighted by Gasteiger charge is -2.06. The molecule has 0 aromatic carbocycles. The number of aliphatic hydroxyl groups is 1. The number of carboxylic acids is 1. The molecule has 0 heterocycles. The van der Waals surface area contributed by atoms with Crippen molar-refractivity contribution in [3.05, 3.63) is 12.2 Å². The van der Waals surface area contributed by atoms with Gasteiger partial charge in [0.1, 0.15) is 0 Å². The Morgan fingerprint density at radius 3 is 2.29 bits per heavy atom. The summed E-state index contributed by atoms with van der Waals surface area (Å²) in [5.74, 6) is -3.64. The maximum atomic E-state index is 10.8. The van der Waals surface area contributed by atoms with Crippen molar-refractivity contribution in [1.29, 1.82) is 0 Å². The fraction of sp³-hybridized carbons (Fsp3) is 0.375. The highest BCUT2D eigenvalue weighted by molar-refractivity contribution is 5.97. The number of esters is 2. The second-order valence-corrected chi connectivity index (χ2v) is 2.60. The van der Waals surface area contributed by atoms with Crippen molar-refractivity contribution in [1.82, 2.24) is 0 Å². The zero-order valence-electron chi connectivity index (χ0n) is 7.52. The van der Waals surface area contributed by atoms with Crippen LogP contribution in [0.1, 0.15) is 13.3 Å². The van der Waals surface area contributed by atoms with Crippen LogP contribution in [-0.2, 0) is 19.1 Å². The van der Waals surface area contributed by atoms with Crippen molar-refractivity contribution in [2.24, 2.45) is 0 Å². The fourth-order valence-corrected chi connectivity index (χ4v) is 0.495. The molecule has 6 nitrogen and oxygen atoms in total. The number of rotatable bonds is 4. The van der Waals surface area contributed by atoms with E-state index in [-0.39, 0.29) is 5.57 Å². The average molecular weight is 202 g/mol. The molecule has 0 aliphatic heterocycles. The molecular weight excluding hydrogens is 192 g/mol. The summed E-state index contributed by atoms with van der Waals surface area (Å²) in [6, 6.07) is 0. The van der Waals surface area contributed by atoms with E-state index in [1.54, 1.807) is 0 Å². The minimum atomic E-state index is -1.84. The molecule has 0 aromatic heterocycles. The van der Waals surface area contributed by atoms with Gasteiger partial charge < -0.3 is 14.9 Å². The zero-order valence-corrected chi connectivity index (χ0v) is 7.52. The Morgan fingerprint density at radius 2 is 1.93 bits per heavy atom. The van der Waals surface area contributed by atoms with Crippen molar-refractivity contribution in [3.63, 3.8) is 0 Å². The molecule has 0 saturated heterocycles. The van der Waals surface area contributed by atoms with E-state index in [9.17, 15) is 14.4 Å². The summed E-state index contributed by atoms with van der Waals surface area (Å²) in [5.41, 5.74) is -0.0131. The molecule has 0 fully saturated rings. The van der Waals surface area contributed by atoms with Crippen LogP contribution < -0.4 is 0 Å². The van der Waals surface area contributed by atoms with Crippen molar-refractivity contribution < 1.29 is 29.3 Å². The molecule has 0 bridgehead atoms. The maximum Gasteiger partial charge on any atom is 0.343 e. The molecule has 0 aliphatic carbocycles. The monoisotopic (exact) mass is 202 g/mol. The number of hydrogen-bond acceptors (Lipinski definition) is 5. The van der Waals surface area contributed by atoms with E-state index >= 15 is 0 Å². The van der Waals surface area contributed by atoms with Crippen LogP contribution in [0.5, 0.6) is 0 Å². The lowest BCUT2D eigenvalue weighted by atomic mass is 10.2. The summed E-state index contributed by atoms with van der Waals surface area (Å²) in [6.45, 7) is 4.52. The van der Waals surface area contributed by atoms with Crippen LogP contribution in [-0.4, -0.2) is 34.2 Å². The van der Waals surface area contributed by atoms with Crippen LogP contribution in [0.4, 0.5) is 0 Å². The van der Waals surface area contributed by atoms with Crippen LogP contribution in [0.15, 0.2) is 12.2 Å². The van der Waals surface area contributed by atoms with E-state index in [1.807, 2.05) is 0 Å². The third kappa shape index (κ3) is 4.36. The van der Waals surface area contributed by atoms with Gasteiger partial charge >= 0.3 is 17.9 Å². The molecule has 14 heavy (non-hydrogen) atoms. The van der Waals surface area contributed by atoms with Gasteiger partial charge in [0.15, 0.2) is 6.10 Å². The highest BCUT2D eigenvalue weighted by Gasteiger charge is 2.22. The molecule has 0 aromatic rings. The minimum Gasteiger partial charge on any atom is -0.481 e. The number of hydrogen-bond donors (Lipinski definition) is 2. The molecular formula is C8H10O6. The maximum absolute atomic E-state index is 10.8. The molecule has 6 heteroatoms. The van der Waals surface area contributed by atoms with Gasteiger partial charge in [-0.25, -0.2) is 9.59 Å². The summed E-state index contributed by atoms with van der Waals surface area (Å²) in [4.78, 5) is 31.6. The van der Waals surface area contributed by atoms with Gasteiger partial charge in [-0.05, 0) is 6.92 Å². The van der Waals surface area contributed by atoms with Crippen LogP contribution in [0, 0.1) is 0 Å². The summed E-state index contributed by atoms with van der Waals surface area (Å²) < 4.78 is 4.08. The summed E-state index contributed by atoms with van der Waals surface area (Å²) in [6.07, 6.45) is -2.64. The highest BCUT2D eigenvalue weighted by atomic mass is 16.6. The summed E-state index contributed by atoms with van der Waals surface area (Å²) >= 11 is 0. The topological polar surface area (TPSA) is 101 Å². The lowest BCUT2D eigenvalue weighted by molar-refractivity contribution is -0.166. The van der Waals surface area contributed by atoms with Crippen LogP contribution in [0.25, 0.3) is 0 Å². The first-order valence-electron chi connectivity index (χ1n) is 3.66. The number of aliphatic hydroxyl groups excluding tert-OH is 1. The summed E-state index contributed by atoms with van der Waals surface area (Å²) in [7, 11) is 0. The molecule has 0 aliphatic rings. The largest absolute Gasteiger partial charge is 0.481 e. The van der Waals surface area contributed by atoms with Crippen LogP contribution in [0.3, 0.4) is 0 Å². The number of ether oxygens (including phenoxy) is 1. The van der Waals surface area contributed by atoms with Gasteiger partial charge in [0.25, 0.3) is 0 Å². The Morgan fingerprint density at radius 1 is 1.43 bits per heavy atom. The van der Waals surface area contributed by atoms with Gasteiger partial charge in [-0.3, -0.25) is 4.79 Å². The molecule has 1 unspecified atom stereocenters. The molecule has 2 N–H and O–H groups in total. The van der Waals surface area contributed by atoms with E-state index in [2.05, 4.69) is 11.3 Å². The molecule has 0 rings (SSSR count). The second-order valence-electron chi connectivity index (χ2n) is 2.60. The van der Waals surface area contributed by atoms with Crippen LogP contribution >= 0.6 is 0 Å². The quantitative estimate of drug-likeness (QED) is 0.361. The van der Waals surface area contributed by atoms with Gasteiger partial charge in [-0.2, -0.15) is 0 Å². The first-order valence-corrected chi connectivity index (χ1v) is 3.66. The van der Waals surface area contributed by atoms with E-state index in [0.717, 1.165) is 0 Å². The molecule has 1 atom stereocenters. The van der Waals surface area contributed by atoms with Gasteiger partial charge in [-0.15, -0.1) is 0 Å². The minimum absolute atomic E-state index is 0.0131. The first kappa shape index (κ1) is 12.3. The van der Waals surface area contributed by atoms with Gasteiger partial charge in [-0.1, -0.05) is 6.58 Å². The number of carboxylic acid groups (broad SMARTS) is 1. The van der Waals surface area contributed by atoms with Crippen molar-refractivity contribution >= 4 is 17.9 Å². The highest BCUT2D eigenvalue weighted by Crippen LogP contribution is 1.99. The molecule has 0 saturated carbocycles. The van der Waals surface area contributed by atoms with E-state index in [4.69, 9.17) is 10.2 Å². The number of carbonyl (C=O) groups excluding carboxylic acids is 2. The predicted octanol–water partition coefficient (Wildman–Crippen LogP) is -0.532. The van der Waals surface area contributed by atoms with Crippen molar-refractivity contribution in [3.8, 4) is 0 Å². The van der Waals surface area contributed by atoms with Gasteiger partial charge in [0.2, 0.25) is 0 Å². The molecule has 0 spiro atoms. The molecule has 78 valence electrons. The molecule has 0 radical (unpaired) electrons. The Kier molecular flexibility index (Phi) is 4.51. The fourth-order valence-electron chi connectivity index (χ4n) is 0.495. The standard InChI is InChI=1S/C8H10O6/c1-4(2)7(12)14-8(13)5(9)3-6(10)11/h5,9H,1,3H2,2H3,(H,10,11). The zero-order chi connectivity index (χ0) is 11.3. The Bertz CT molecular complexity index is 280. The van der Waals surface area contributed by atoms with E-state index in [0.29, 0.717) is 0 Å². The lowest BCUT2D eigenvalue weighted by Crippen LogP contribution is -2.28. The third-order valence-electron chi connectivity index (χ3n) is 1.18. The number of carbonyl (C=O) groups is 3. The Labute approximate surface area is 79.8 Å². The smallest absolute Gasteiger partial charge is 0.343 e. The van der Waals surface area contributed by atoms with E-state index in [1.165, 1.54) is 6.92 Å². The average Bonchev–Trinajstić information content (AvgIpc) is 2.02. The van der Waals surface area contributed by atoms with Crippen LogP contribution in [0.2, 0.25) is 0 Å². The summed E-state index contributed by atoms with van der Waals surface area (Å²) in [5, 5.41) is 17.1. The van der Waals surface area contributed by atoms with E-state index < -0.39 is 30.4 Å². The molecule has 0 amide bonds. The normalized spacial score (nSPS) is 11.6. The predicted molar refractivity (Wildman–Crippen MR) is 44.2 cm³/mol. The second kappa shape index (κ2) is 5.13. The Balaban J connectivity index is 4.14. The first-order chi connectivity index (χ1) is 6.34. The van der Waals surface area contributed by atoms with Gasteiger partial charge in [0.05, 0.1) is 6.42 Å². The third-order valence-corrected chi connectivity index (χ3v) is 1.18. The van der Waals surface area contributed by atoms with Gasteiger partial charge in [0, 0.05) is 5.57 Å². The van der Waals surface area contributed by atoms with Crippen molar-refractivity contribution in [2.75, 3.05) is 0 Å². The number of aliphatic carboxylic acids is 1.